The highest BCUT2D eigenvalue weighted by atomic mass is 35.5. The summed E-state index contributed by atoms with van der Waals surface area (Å²) in [6, 6.07) is 7.98. The number of nitrogens with zero attached hydrogens (tertiary/aromatic N) is 5. The maximum absolute atomic E-state index is 5.95. The summed E-state index contributed by atoms with van der Waals surface area (Å²) in [5, 5.41) is 4.59. The first-order chi connectivity index (χ1) is 9.63. The van der Waals surface area contributed by atoms with E-state index < -0.39 is 0 Å². The molecule has 2 aromatic heterocycles. The quantitative estimate of drug-likeness (QED) is 0.414. The monoisotopic (exact) mass is 305 g/mol. The highest BCUT2D eigenvalue weighted by Gasteiger charge is 2.10. The molecule has 3 rings (SSSR count). The largest absolute Gasteiger partial charge is 0.230 e. The Kier molecular flexibility index (Phi) is 3.38. The molecule has 0 fully saturated rings. The first-order valence-corrected chi connectivity index (χ1v) is 6.56. The van der Waals surface area contributed by atoms with Crippen molar-refractivity contribution in [3.8, 4) is 0 Å². The minimum Gasteiger partial charge on any atom is -0.230 e. The van der Waals surface area contributed by atoms with Crippen molar-refractivity contribution in [3.63, 3.8) is 0 Å². The van der Waals surface area contributed by atoms with Gasteiger partial charge < -0.3 is 0 Å². The fourth-order valence-corrected chi connectivity index (χ4v) is 2.21. The summed E-state index contributed by atoms with van der Waals surface area (Å²) in [6.07, 6.45) is 3.24. The third-order valence-electron chi connectivity index (χ3n) is 2.68. The molecule has 5 nitrogen and oxygen atoms in total. The van der Waals surface area contributed by atoms with Gasteiger partial charge in [0.2, 0.25) is 5.28 Å². The second-order valence-electron chi connectivity index (χ2n) is 4.20. The topological polar surface area (TPSA) is 56.0 Å². The molecular weight excluding hydrogens is 297 g/mol. The number of imidazole rings is 1. The van der Waals surface area contributed by atoms with E-state index in [1.165, 1.54) is 11.0 Å². The zero-order chi connectivity index (χ0) is 14.1. The fraction of sp³-hybridized carbons (Fsp3) is 0.0769. The predicted octanol–water partition coefficient (Wildman–Crippen LogP) is 3.32. The molecule has 0 aliphatic rings. The lowest BCUT2D eigenvalue weighted by Gasteiger charge is -1.98. The SMILES string of the molecule is Cc1cccc(/C=N/n2cnc3c(Cl)nc(Cl)nc32)c1. The summed E-state index contributed by atoms with van der Waals surface area (Å²) in [4.78, 5) is 12.0. The molecule has 0 amide bonds. The summed E-state index contributed by atoms with van der Waals surface area (Å²) < 4.78 is 1.51. The van der Waals surface area contributed by atoms with Crippen LogP contribution in [0.4, 0.5) is 0 Å². The van der Waals surface area contributed by atoms with Gasteiger partial charge in [-0.3, -0.25) is 0 Å². The van der Waals surface area contributed by atoms with Crippen LogP contribution in [0.2, 0.25) is 10.4 Å². The van der Waals surface area contributed by atoms with Crippen LogP contribution in [0.1, 0.15) is 11.1 Å². The normalized spacial score (nSPS) is 11.6. The number of rotatable bonds is 2. The van der Waals surface area contributed by atoms with E-state index in [1.54, 1.807) is 6.21 Å². The van der Waals surface area contributed by atoms with Crippen LogP contribution < -0.4 is 0 Å². The standard InChI is InChI=1S/C13H9Cl2N5/c1-8-3-2-4-9(5-8)6-17-20-7-16-10-11(14)18-13(15)19-12(10)20/h2-7H,1H3/b17-6+. The lowest BCUT2D eigenvalue weighted by Crippen LogP contribution is -1.93. The molecule has 7 heteroatoms. The minimum absolute atomic E-state index is 0.0648. The first kappa shape index (κ1) is 13.0. The first-order valence-electron chi connectivity index (χ1n) is 5.80. The van der Waals surface area contributed by atoms with E-state index in [2.05, 4.69) is 20.1 Å². The number of fused-ring (bicyclic) bond motifs is 1. The summed E-state index contributed by atoms with van der Waals surface area (Å²) in [5.74, 6) is 0. The highest BCUT2D eigenvalue weighted by Crippen LogP contribution is 2.20. The van der Waals surface area contributed by atoms with Gasteiger partial charge in [0.05, 0.1) is 6.21 Å². The minimum atomic E-state index is 0.0648. The number of aromatic nitrogens is 4. The van der Waals surface area contributed by atoms with E-state index >= 15 is 0 Å². The van der Waals surface area contributed by atoms with Crippen molar-refractivity contribution in [1.29, 1.82) is 0 Å². The average molecular weight is 306 g/mol. The summed E-state index contributed by atoms with van der Waals surface area (Å²) in [7, 11) is 0. The van der Waals surface area contributed by atoms with E-state index in [-0.39, 0.29) is 10.4 Å². The second kappa shape index (κ2) is 5.19. The van der Waals surface area contributed by atoms with E-state index in [1.807, 2.05) is 31.2 Å². The fourth-order valence-electron chi connectivity index (χ4n) is 1.79. The van der Waals surface area contributed by atoms with Gasteiger partial charge in [0.15, 0.2) is 10.8 Å². The predicted molar refractivity (Wildman–Crippen MR) is 79.5 cm³/mol. The van der Waals surface area contributed by atoms with Crippen molar-refractivity contribution in [3.05, 3.63) is 52.2 Å². The molecule has 0 N–H and O–H groups in total. The van der Waals surface area contributed by atoms with Crippen LogP contribution in [-0.4, -0.2) is 25.8 Å². The van der Waals surface area contributed by atoms with Gasteiger partial charge >= 0.3 is 0 Å². The maximum atomic E-state index is 5.95. The van der Waals surface area contributed by atoms with E-state index in [9.17, 15) is 0 Å². The smallest absolute Gasteiger partial charge is 0.225 e. The van der Waals surface area contributed by atoms with Gasteiger partial charge in [0.1, 0.15) is 11.8 Å². The second-order valence-corrected chi connectivity index (χ2v) is 4.90. The molecule has 0 aliphatic carbocycles. The average Bonchev–Trinajstić information content (AvgIpc) is 2.80. The van der Waals surface area contributed by atoms with Crippen LogP contribution >= 0.6 is 23.2 Å². The molecule has 0 saturated carbocycles. The number of hydrogen-bond acceptors (Lipinski definition) is 4. The summed E-state index contributed by atoms with van der Waals surface area (Å²) in [5.41, 5.74) is 3.09. The van der Waals surface area contributed by atoms with Crippen LogP contribution in [0.15, 0.2) is 35.7 Å². The van der Waals surface area contributed by atoms with Crippen LogP contribution in [0.5, 0.6) is 0 Å². The van der Waals surface area contributed by atoms with Gasteiger partial charge in [-0.15, -0.1) is 0 Å². The summed E-state index contributed by atoms with van der Waals surface area (Å²) in [6.45, 7) is 2.02. The Morgan fingerprint density at radius 1 is 1.25 bits per heavy atom. The Labute approximate surface area is 124 Å². The van der Waals surface area contributed by atoms with Crippen LogP contribution in [0.25, 0.3) is 11.2 Å². The van der Waals surface area contributed by atoms with Crippen molar-refractivity contribution in [2.75, 3.05) is 0 Å². The lowest BCUT2D eigenvalue weighted by molar-refractivity contribution is 0.897. The molecule has 0 radical (unpaired) electrons. The van der Waals surface area contributed by atoms with Crippen molar-refractivity contribution >= 4 is 40.6 Å². The Balaban J connectivity index is 2.03. The molecule has 100 valence electrons. The van der Waals surface area contributed by atoms with E-state index in [0.29, 0.717) is 11.2 Å². The van der Waals surface area contributed by atoms with Crippen LogP contribution in [-0.2, 0) is 0 Å². The molecule has 0 unspecified atom stereocenters. The van der Waals surface area contributed by atoms with Gasteiger partial charge in [-0.05, 0) is 24.1 Å². The van der Waals surface area contributed by atoms with Gasteiger partial charge in [-0.1, -0.05) is 41.4 Å². The molecular formula is C13H9Cl2N5. The molecule has 3 aromatic rings. The zero-order valence-electron chi connectivity index (χ0n) is 10.5. The third-order valence-corrected chi connectivity index (χ3v) is 3.11. The highest BCUT2D eigenvalue weighted by molar-refractivity contribution is 6.35. The van der Waals surface area contributed by atoms with Gasteiger partial charge in [0.25, 0.3) is 0 Å². The molecule has 0 aliphatic heterocycles. The maximum Gasteiger partial charge on any atom is 0.225 e. The number of aryl methyl sites for hydroxylation is 1. The molecule has 0 bridgehead atoms. The molecule has 20 heavy (non-hydrogen) atoms. The molecule has 2 heterocycles. The third kappa shape index (κ3) is 2.50. The van der Waals surface area contributed by atoms with Crippen LogP contribution in [0.3, 0.4) is 0 Å². The van der Waals surface area contributed by atoms with Crippen molar-refractivity contribution < 1.29 is 0 Å². The zero-order valence-corrected chi connectivity index (χ0v) is 12.0. The van der Waals surface area contributed by atoms with Gasteiger partial charge in [-0.2, -0.15) is 10.1 Å². The molecule has 0 atom stereocenters. The van der Waals surface area contributed by atoms with Gasteiger partial charge in [0, 0.05) is 0 Å². The van der Waals surface area contributed by atoms with Gasteiger partial charge in [-0.25, -0.2) is 14.6 Å². The molecule has 0 spiro atoms. The Bertz CT molecular complexity index is 810. The van der Waals surface area contributed by atoms with E-state index in [4.69, 9.17) is 23.2 Å². The van der Waals surface area contributed by atoms with Crippen molar-refractivity contribution in [2.45, 2.75) is 6.92 Å². The van der Waals surface area contributed by atoms with Crippen molar-refractivity contribution in [1.82, 2.24) is 19.6 Å². The Morgan fingerprint density at radius 3 is 2.90 bits per heavy atom. The Morgan fingerprint density at radius 2 is 2.10 bits per heavy atom. The molecule has 0 saturated heterocycles. The number of hydrogen-bond donors (Lipinski definition) is 0. The number of halogens is 2. The number of benzene rings is 1. The van der Waals surface area contributed by atoms with Crippen molar-refractivity contribution in [2.24, 2.45) is 5.10 Å². The lowest BCUT2D eigenvalue weighted by atomic mass is 10.2. The Hall–Kier alpha value is -1.98. The molecule has 1 aromatic carbocycles. The van der Waals surface area contributed by atoms with E-state index in [0.717, 1.165) is 11.1 Å². The van der Waals surface area contributed by atoms with Crippen LogP contribution in [0, 0.1) is 6.92 Å². The summed E-state index contributed by atoms with van der Waals surface area (Å²) >= 11 is 11.7.